The third-order valence-electron chi connectivity index (χ3n) is 3.00. The first-order valence-electron chi connectivity index (χ1n) is 7.78. The van der Waals surface area contributed by atoms with E-state index in [1.165, 1.54) is 0 Å². The molecule has 0 fully saturated rings. The number of aliphatic imine (C=N–C) groups is 1. The molecule has 0 bridgehead atoms. The molecule has 1 aromatic rings. The predicted molar refractivity (Wildman–Crippen MR) is 82.9 cm³/mol. The summed E-state index contributed by atoms with van der Waals surface area (Å²) in [5.74, 6) is -2.08. The lowest BCUT2D eigenvalue weighted by molar-refractivity contribution is -0.155. The quantitative estimate of drug-likeness (QED) is 0.499. The Morgan fingerprint density at radius 1 is 1.07 bits per heavy atom. The number of hydrazine groups is 1. The van der Waals surface area contributed by atoms with Gasteiger partial charge in [0.1, 0.15) is 0 Å². The lowest BCUT2D eigenvalue weighted by Crippen LogP contribution is -2.49. The van der Waals surface area contributed by atoms with Gasteiger partial charge < -0.3 is 14.8 Å². The molecule has 14 heteroatoms. The first-order chi connectivity index (χ1) is 13.0. The van der Waals surface area contributed by atoms with Crippen molar-refractivity contribution in [3.63, 3.8) is 0 Å². The van der Waals surface area contributed by atoms with Crippen LogP contribution in [0.2, 0.25) is 0 Å². The van der Waals surface area contributed by atoms with Crippen molar-refractivity contribution in [1.29, 1.82) is 0 Å². The molecule has 0 atom stereocenters. The zero-order chi connectivity index (χ0) is 20.8. The summed E-state index contributed by atoms with van der Waals surface area (Å²) in [7, 11) is 0. The van der Waals surface area contributed by atoms with Crippen LogP contribution in [0.3, 0.4) is 0 Å². The molecule has 2 heterocycles. The van der Waals surface area contributed by atoms with Crippen molar-refractivity contribution in [3.8, 4) is 11.8 Å². The van der Waals surface area contributed by atoms with E-state index in [9.17, 15) is 31.1 Å². The third-order valence-corrected chi connectivity index (χ3v) is 3.00. The van der Waals surface area contributed by atoms with E-state index in [2.05, 4.69) is 35.6 Å². The second-order valence-corrected chi connectivity index (χ2v) is 5.43. The Balaban J connectivity index is 2.12. The van der Waals surface area contributed by atoms with Crippen molar-refractivity contribution >= 4 is 11.9 Å². The van der Waals surface area contributed by atoms with Gasteiger partial charge in [-0.2, -0.15) is 31.3 Å². The van der Waals surface area contributed by atoms with Crippen LogP contribution in [0.1, 0.15) is 16.8 Å². The molecule has 0 spiro atoms. The number of hydrogen-bond acceptors (Lipinski definition) is 7. The van der Waals surface area contributed by atoms with Crippen molar-refractivity contribution in [2.45, 2.75) is 18.8 Å². The molecule has 156 valence electrons. The topological polar surface area (TPSA) is 96.9 Å². The molecule has 1 aromatic heterocycles. The van der Waals surface area contributed by atoms with Crippen LogP contribution in [0.15, 0.2) is 17.1 Å². The summed E-state index contributed by atoms with van der Waals surface area (Å²) in [5.41, 5.74) is 4.31. The monoisotopic (exact) mass is 415 g/mol. The number of ether oxygens (including phenoxy) is 2. The summed E-state index contributed by atoms with van der Waals surface area (Å²) in [5, 5.41) is 2.83. The average Bonchev–Trinajstić information content (AvgIpc) is 2.62. The molecule has 0 radical (unpaired) electrons. The largest absolute Gasteiger partial charge is 0.468 e. The fraction of sp³-hybridized carbons (Fsp3) is 0.500. The number of nitrogens with zero attached hydrogens (tertiary/aromatic N) is 2. The van der Waals surface area contributed by atoms with Crippen LogP contribution in [0.4, 0.5) is 26.3 Å². The van der Waals surface area contributed by atoms with Crippen LogP contribution in [-0.4, -0.2) is 55.5 Å². The second-order valence-electron chi connectivity index (χ2n) is 5.43. The third kappa shape index (κ3) is 7.75. The average molecular weight is 415 g/mol. The van der Waals surface area contributed by atoms with Crippen molar-refractivity contribution in [3.05, 3.63) is 17.7 Å². The Morgan fingerprint density at radius 2 is 1.64 bits per heavy atom. The standard InChI is InChI=1S/C14H15F6N5O3/c15-13(16,17)6-27-9-4-8(5-10(23-9)28-7-14(18,19)20)11(26)24-25-12-21-2-1-3-22-12/h4-5H,1-3,6-7H2,(H,24,26)(H2,21,22,25). The molecule has 3 N–H and O–H groups in total. The van der Waals surface area contributed by atoms with Gasteiger partial charge >= 0.3 is 12.4 Å². The van der Waals surface area contributed by atoms with Gasteiger partial charge in [0.2, 0.25) is 17.7 Å². The zero-order valence-electron chi connectivity index (χ0n) is 14.1. The number of pyridine rings is 1. The van der Waals surface area contributed by atoms with E-state index in [4.69, 9.17) is 0 Å². The number of amides is 1. The molecule has 28 heavy (non-hydrogen) atoms. The van der Waals surface area contributed by atoms with Gasteiger partial charge in [-0.1, -0.05) is 0 Å². The van der Waals surface area contributed by atoms with Gasteiger partial charge in [0, 0.05) is 25.2 Å². The lowest BCUT2D eigenvalue weighted by Gasteiger charge is -2.17. The Morgan fingerprint density at radius 3 is 2.11 bits per heavy atom. The molecule has 8 nitrogen and oxygen atoms in total. The van der Waals surface area contributed by atoms with Crippen molar-refractivity contribution in [1.82, 2.24) is 21.2 Å². The highest BCUT2D eigenvalue weighted by Crippen LogP contribution is 2.23. The molecule has 0 unspecified atom stereocenters. The Hall–Kier alpha value is -2.93. The minimum Gasteiger partial charge on any atom is -0.468 e. The molecule has 0 saturated heterocycles. The Bertz CT molecular complexity index is 686. The molecule has 2 rings (SSSR count). The van der Waals surface area contributed by atoms with Crippen molar-refractivity contribution < 1.29 is 40.6 Å². The highest BCUT2D eigenvalue weighted by Gasteiger charge is 2.30. The number of carbonyl (C=O) groups is 1. The SMILES string of the molecule is O=C(NNC1=NCCCN1)c1cc(OCC(F)(F)F)nc(OCC(F)(F)F)c1. The van der Waals surface area contributed by atoms with Gasteiger partial charge in [0.25, 0.3) is 5.91 Å². The lowest BCUT2D eigenvalue weighted by atomic mass is 10.2. The molecule has 0 aromatic carbocycles. The van der Waals surface area contributed by atoms with E-state index in [1.807, 2.05) is 0 Å². The number of hydrogen-bond donors (Lipinski definition) is 3. The first kappa shape index (κ1) is 21.4. The smallest absolute Gasteiger partial charge is 0.422 e. The van der Waals surface area contributed by atoms with E-state index in [0.717, 1.165) is 18.6 Å². The fourth-order valence-corrected chi connectivity index (χ4v) is 1.88. The predicted octanol–water partition coefficient (Wildman–Crippen LogP) is 1.55. The number of halogens is 6. The molecule has 1 aliphatic rings. The highest BCUT2D eigenvalue weighted by atomic mass is 19.4. The summed E-state index contributed by atoms with van der Waals surface area (Å²) < 4.78 is 82.5. The van der Waals surface area contributed by atoms with Gasteiger partial charge in [-0.05, 0) is 6.42 Å². The minimum atomic E-state index is -4.71. The Labute approximate surface area is 154 Å². The molecule has 1 aliphatic heterocycles. The van der Waals surface area contributed by atoms with E-state index < -0.39 is 43.2 Å². The highest BCUT2D eigenvalue weighted by molar-refractivity contribution is 5.96. The first-order valence-corrected chi connectivity index (χ1v) is 7.78. The van der Waals surface area contributed by atoms with Crippen molar-refractivity contribution in [2.24, 2.45) is 4.99 Å². The normalized spacial score (nSPS) is 14.6. The van der Waals surface area contributed by atoms with E-state index in [0.29, 0.717) is 13.1 Å². The molecule has 1 amide bonds. The number of carbonyl (C=O) groups excluding carboxylic acids is 1. The maximum absolute atomic E-state index is 12.3. The van der Waals surface area contributed by atoms with Crippen LogP contribution in [-0.2, 0) is 0 Å². The van der Waals surface area contributed by atoms with Gasteiger partial charge in [-0.3, -0.25) is 20.6 Å². The maximum Gasteiger partial charge on any atom is 0.422 e. The minimum absolute atomic E-state index is 0.260. The van der Waals surface area contributed by atoms with E-state index in [1.54, 1.807) is 0 Å². The maximum atomic E-state index is 12.3. The van der Waals surface area contributed by atoms with Crippen molar-refractivity contribution in [2.75, 3.05) is 26.3 Å². The van der Waals surface area contributed by atoms with Crippen LogP contribution in [0.25, 0.3) is 0 Å². The van der Waals surface area contributed by atoms with Crippen LogP contribution in [0, 0.1) is 0 Å². The van der Waals surface area contributed by atoms with Gasteiger partial charge in [0.05, 0.1) is 5.56 Å². The molecule has 0 saturated carbocycles. The molecular weight excluding hydrogens is 400 g/mol. The number of nitrogens with one attached hydrogen (secondary N) is 3. The van der Waals surface area contributed by atoms with E-state index >= 15 is 0 Å². The van der Waals surface area contributed by atoms with Crippen LogP contribution < -0.4 is 25.6 Å². The number of guanidine groups is 1. The summed E-state index contributed by atoms with van der Waals surface area (Å²) in [4.78, 5) is 19.6. The molecular formula is C14H15F6N5O3. The van der Waals surface area contributed by atoms with Gasteiger partial charge in [-0.15, -0.1) is 0 Å². The number of aromatic nitrogens is 1. The zero-order valence-corrected chi connectivity index (χ0v) is 14.1. The summed E-state index contributed by atoms with van der Waals surface area (Å²) >= 11 is 0. The summed E-state index contributed by atoms with van der Waals surface area (Å²) in [6.45, 7) is -2.36. The van der Waals surface area contributed by atoms with Gasteiger partial charge in [-0.25, -0.2) is 0 Å². The number of rotatable bonds is 5. The van der Waals surface area contributed by atoms with Crippen LogP contribution in [0.5, 0.6) is 11.8 Å². The van der Waals surface area contributed by atoms with Gasteiger partial charge in [0.15, 0.2) is 13.2 Å². The fourth-order valence-electron chi connectivity index (χ4n) is 1.88. The van der Waals surface area contributed by atoms with E-state index in [-0.39, 0.29) is 11.5 Å². The Kier molecular flexibility index (Phi) is 6.75. The summed E-state index contributed by atoms with van der Waals surface area (Å²) in [6.07, 6.45) is -8.62. The number of alkyl halides is 6. The molecule has 0 aliphatic carbocycles. The second kappa shape index (κ2) is 8.84. The summed E-state index contributed by atoms with van der Waals surface area (Å²) in [6, 6.07) is 1.67. The van der Waals surface area contributed by atoms with Crippen LogP contribution >= 0.6 is 0 Å².